The number of nitrogens with zero attached hydrogens (tertiary/aromatic N) is 1. The molecule has 0 saturated carbocycles. The number of nitriles is 1. The zero-order valence-corrected chi connectivity index (χ0v) is 10.3. The van der Waals surface area contributed by atoms with E-state index in [9.17, 15) is 8.78 Å². The molecule has 0 heterocycles. The Balaban J connectivity index is 2.72. The van der Waals surface area contributed by atoms with Crippen LogP contribution in [0.5, 0.6) is 0 Å². The maximum atomic E-state index is 13.8. The average molecular weight is 283 g/mol. The molecule has 0 unspecified atom stereocenters. The first-order valence-corrected chi connectivity index (χ1v) is 5.54. The zero-order chi connectivity index (χ0) is 13.3. The predicted molar refractivity (Wildman–Crippen MR) is 65.4 cm³/mol. The maximum absolute atomic E-state index is 13.8. The van der Waals surface area contributed by atoms with Gasteiger partial charge < -0.3 is 0 Å². The van der Waals surface area contributed by atoms with E-state index >= 15 is 0 Å². The summed E-state index contributed by atoms with van der Waals surface area (Å²) in [4.78, 5) is 0. The van der Waals surface area contributed by atoms with Gasteiger partial charge in [-0.1, -0.05) is 23.2 Å². The minimum atomic E-state index is -0.871. The van der Waals surface area contributed by atoms with Gasteiger partial charge in [0.15, 0.2) is 0 Å². The molecule has 0 atom stereocenters. The standard InChI is InChI=1S/C13H4Cl2F2N/c14-8-1-2-10(15)9(5-8)13-11(16)3-7(6-18)4-12(13)17/h1,3-5H. The lowest BCUT2D eigenvalue weighted by atomic mass is 10.0. The Kier molecular flexibility index (Phi) is 3.51. The molecular weight excluding hydrogens is 279 g/mol. The third-order valence-corrected chi connectivity index (χ3v) is 2.83. The molecule has 0 aromatic heterocycles. The van der Waals surface area contributed by atoms with Crippen LogP contribution in [0.15, 0.2) is 24.3 Å². The van der Waals surface area contributed by atoms with Gasteiger partial charge in [0.05, 0.1) is 22.2 Å². The molecule has 0 aliphatic heterocycles. The van der Waals surface area contributed by atoms with Gasteiger partial charge in [-0.15, -0.1) is 0 Å². The normalized spacial score (nSPS) is 10.2. The van der Waals surface area contributed by atoms with Crippen molar-refractivity contribution in [1.29, 1.82) is 5.26 Å². The Morgan fingerprint density at radius 1 is 1.11 bits per heavy atom. The highest BCUT2D eigenvalue weighted by Crippen LogP contribution is 2.34. The number of halogens is 4. The van der Waals surface area contributed by atoms with Crippen molar-refractivity contribution in [2.45, 2.75) is 0 Å². The van der Waals surface area contributed by atoms with Crippen molar-refractivity contribution < 1.29 is 8.78 Å². The summed E-state index contributed by atoms with van der Waals surface area (Å²) in [5.74, 6) is -1.74. The topological polar surface area (TPSA) is 23.8 Å². The monoisotopic (exact) mass is 282 g/mol. The van der Waals surface area contributed by atoms with Gasteiger partial charge in [0.1, 0.15) is 11.6 Å². The highest BCUT2D eigenvalue weighted by Gasteiger charge is 2.16. The Morgan fingerprint density at radius 2 is 1.72 bits per heavy atom. The molecule has 0 bridgehead atoms. The first kappa shape index (κ1) is 12.8. The van der Waals surface area contributed by atoms with E-state index < -0.39 is 11.6 Å². The van der Waals surface area contributed by atoms with Crippen molar-refractivity contribution in [3.8, 4) is 17.2 Å². The number of rotatable bonds is 1. The van der Waals surface area contributed by atoms with Gasteiger partial charge in [-0.05, 0) is 24.3 Å². The first-order valence-electron chi connectivity index (χ1n) is 4.79. The van der Waals surface area contributed by atoms with E-state index in [1.165, 1.54) is 12.1 Å². The molecule has 1 radical (unpaired) electrons. The highest BCUT2D eigenvalue weighted by atomic mass is 35.5. The second-order valence-electron chi connectivity index (χ2n) is 3.47. The number of hydrogen-bond donors (Lipinski definition) is 0. The van der Waals surface area contributed by atoms with Crippen molar-refractivity contribution >= 4 is 23.2 Å². The van der Waals surface area contributed by atoms with E-state index in [2.05, 4.69) is 6.07 Å². The van der Waals surface area contributed by atoms with E-state index in [0.717, 1.165) is 12.1 Å². The Labute approximate surface area is 112 Å². The van der Waals surface area contributed by atoms with Crippen LogP contribution in [0, 0.1) is 29.0 Å². The molecule has 0 spiro atoms. The van der Waals surface area contributed by atoms with Gasteiger partial charge in [0.25, 0.3) is 0 Å². The fourth-order valence-electron chi connectivity index (χ4n) is 1.53. The van der Waals surface area contributed by atoms with Crippen LogP contribution in [0.4, 0.5) is 8.78 Å². The van der Waals surface area contributed by atoms with Crippen LogP contribution in [-0.4, -0.2) is 0 Å². The van der Waals surface area contributed by atoms with Gasteiger partial charge in [-0.3, -0.25) is 0 Å². The molecule has 2 aromatic rings. The summed E-state index contributed by atoms with van der Waals surface area (Å²) in [5.41, 5.74) is -0.322. The average Bonchev–Trinajstić information content (AvgIpc) is 2.32. The second-order valence-corrected chi connectivity index (χ2v) is 4.29. The molecule has 0 N–H and O–H groups in total. The smallest absolute Gasteiger partial charge is 0.135 e. The molecule has 0 aliphatic carbocycles. The van der Waals surface area contributed by atoms with Crippen LogP contribution in [-0.2, 0) is 0 Å². The third-order valence-electron chi connectivity index (χ3n) is 2.30. The molecule has 0 fully saturated rings. The van der Waals surface area contributed by atoms with E-state index in [-0.39, 0.29) is 26.7 Å². The predicted octanol–water partition coefficient (Wildman–Crippen LogP) is 4.61. The van der Waals surface area contributed by atoms with E-state index in [0.29, 0.717) is 0 Å². The van der Waals surface area contributed by atoms with Crippen LogP contribution >= 0.6 is 23.2 Å². The number of benzene rings is 2. The lowest BCUT2D eigenvalue weighted by Crippen LogP contribution is -1.93. The van der Waals surface area contributed by atoms with Crippen molar-refractivity contribution in [2.75, 3.05) is 0 Å². The molecule has 1 nitrogen and oxygen atoms in total. The van der Waals surface area contributed by atoms with Gasteiger partial charge >= 0.3 is 0 Å². The summed E-state index contributed by atoms with van der Waals surface area (Å²) in [6.45, 7) is 0. The summed E-state index contributed by atoms with van der Waals surface area (Å²) < 4.78 is 27.6. The molecule has 2 aromatic carbocycles. The molecule has 89 valence electrons. The molecule has 0 saturated heterocycles. The van der Waals surface area contributed by atoms with Crippen molar-refractivity contribution in [3.05, 3.63) is 57.6 Å². The van der Waals surface area contributed by atoms with Crippen molar-refractivity contribution in [2.24, 2.45) is 0 Å². The minimum Gasteiger partial charge on any atom is -0.206 e. The number of hydrogen-bond acceptors (Lipinski definition) is 1. The SMILES string of the molecule is N#Cc1cc(F)c(-c2cc(Cl)c[c]c2Cl)c(F)c1. The molecule has 0 amide bonds. The second kappa shape index (κ2) is 4.93. The van der Waals surface area contributed by atoms with Crippen LogP contribution in [0.25, 0.3) is 11.1 Å². The highest BCUT2D eigenvalue weighted by molar-refractivity contribution is 6.35. The molecular formula is C13H4Cl2F2N. The van der Waals surface area contributed by atoms with Crippen LogP contribution in [0.1, 0.15) is 5.56 Å². The lowest BCUT2D eigenvalue weighted by Gasteiger charge is -2.08. The summed E-state index contributed by atoms with van der Waals surface area (Å²) in [6, 6.07) is 8.87. The summed E-state index contributed by atoms with van der Waals surface area (Å²) in [7, 11) is 0. The fourth-order valence-corrected chi connectivity index (χ4v) is 1.90. The van der Waals surface area contributed by atoms with Gasteiger partial charge in [0.2, 0.25) is 0 Å². The van der Waals surface area contributed by atoms with Gasteiger partial charge in [-0.25, -0.2) is 8.78 Å². The maximum Gasteiger partial charge on any atom is 0.135 e. The van der Waals surface area contributed by atoms with Crippen LogP contribution in [0.3, 0.4) is 0 Å². The largest absolute Gasteiger partial charge is 0.206 e. The summed E-state index contributed by atoms with van der Waals surface area (Å²) in [5, 5.41) is 8.93. The quantitative estimate of drug-likeness (QED) is 0.749. The zero-order valence-electron chi connectivity index (χ0n) is 8.77. The Bertz CT molecular complexity index is 640. The van der Waals surface area contributed by atoms with E-state index in [1.54, 1.807) is 6.07 Å². The van der Waals surface area contributed by atoms with Gasteiger partial charge in [0, 0.05) is 16.7 Å². The Morgan fingerprint density at radius 3 is 2.28 bits per heavy atom. The van der Waals surface area contributed by atoms with Crippen molar-refractivity contribution in [3.63, 3.8) is 0 Å². The molecule has 2 rings (SSSR count). The molecule has 5 heteroatoms. The molecule has 0 aliphatic rings. The molecule has 18 heavy (non-hydrogen) atoms. The van der Waals surface area contributed by atoms with E-state index in [4.69, 9.17) is 28.5 Å². The lowest BCUT2D eigenvalue weighted by molar-refractivity contribution is 0.589. The fraction of sp³-hybridized carbons (Fsp3) is 0. The van der Waals surface area contributed by atoms with Crippen LogP contribution in [0.2, 0.25) is 10.0 Å². The third kappa shape index (κ3) is 2.31. The Hall–Kier alpha value is -1.63. The first-order chi connectivity index (χ1) is 8.52. The van der Waals surface area contributed by atoms with Crippen molar-refractivity contribution in [1.82, 2.24) is 0 Å². The summed E-state index contributed by atoms with van der Waals surface area (Å²) in [6.07, 6.45) is 0. The minimum absolute atomic E-state index is 0.0573. The van der Waals surface area contributed by atoms with Crippen LogP contribution < -0.4 is 0 Å². The van der Waals surface area contributed by atoms with Gasteiger partial charge in [-0.2, -0.15) is 5.26 Å². The summed E-state index contributed by atoms with van der Waals surface area (Å²) >= 11 is 11.6. The van der Waals surface area contributed by atoms with E-state index in [1.807, 2.05) is 0 Å².